The SMILES string of the molecule is N=CN=C(N)C(CCN(CCCCc1ccc2c(n1)NCCC2)CCOCCOCCOCCOCCOCCN)Nc1ncnc2ccccc12. The molecule has 0 saturated carbocycles. The summed E-state index contributed by atoms with van der Waals surface area (Å²) in [5.74, 6) is 2.06. The number of para-hydroxylation sites is 1. The second kappa shape index (κ2) is 25.2. The van der Waals surface area contributed by atoms with E-state index in [1.54, 1.807) is 6.33 Å². The van der Waals surface area contributed by atoms with Gasteiger partial charge < -0.3 is 50.7 Å². The van der Waals surface area contributed by atoms with Crippen LogP contribution in [0, 0.1) is 5.41 Å². The molecule has 52 heavy (non-hydrogen) atoms. The second-order valence-electron chi connectivity index (χ2n) is 12.4. The molecule has 2 aromatic heterocycles. The fraction of sp³-hybridized carbons (Fsp3) is 0.595. The number of pyridine rings is 1. The maximum atomic E-state index is 7.52. The van der Waals surface area contributed by atoms with Crippen molar-refractivity contribution in [2.75, 3.05) is 109 Å². The monoisotopic (exact) mass is 722 g/mol. The van der Waals surface area contributed by atoms with Gasteiger partial charge in [0.15, 0.2) is 0 Å². The average Bonchev–Trinajstić information content (AvgIpc) is 3.17. The Bertz CT molecular complexity index is 1460. The molecule has 1 aliphatic rings. The predicted molar refractivity (Wildman–Crippen MR) is 206 cm³/mol. The predicted octanol–water partition coefficient (Wildman–Crippen LogP) is 2.88. The normalized spacial score (nSPS) is 13.6. The molecule has 1 atom stereocenters. The highest BCUT2D eigenvalue weighted by molar-refractivity contribution is 5.95. The van der Waals surface area contributed by atoms with Crippen molar-refractivity contribution < 1.29 is 23.7 Å². The van der Waals surface area contributed by atoms with Crippen LogP contribution in [-0.2, 0) is 36.5 Å². The van der Waals surface area contributed by atoms with Crippen LogP contribution in [0.5, 0.6) is 0 Å². The van der Waals surface area contributed by atoms with Crippen LogP contribution >= 0.6 is 0 Å². The van der Waals surface area contributed by atoms with Gasteiger partial charge in [0.2, 0.25) is 0 Å². The van der Waals surface area contributed by atoms with Gasteiger partial charge in [0.25, 0.3) is 0 Å². The number of aryl methyl sites for hydroxylation is 2. The molecule has 1 unspecified atom stereocenters. The third-order valence-corrected chi connectivity index (χ3v) is 8.57. The molecule has 3 aromatic rings. The zero-order valence-electron chi connectivity index (χ0n) is 30.5. The van der Waals surface area contributed by atoms with Crippen molar-refractivity contribution in [1.29, 1.82) is 5.41 Å². The van der Waals surface area contributed by atoms with Crippen molar-refractivity contribution in [3.8, 4) is 0 Å². The van der Waals surface area contributed by atoms with E-state index in [4.69, 9.17) is 45.5 Å². The molecule has 15 nitrogen and oxygen atoms in total. The van der Waals surface area contributed by atoms with Gasteiger partial charge in [0, 0.05) is 37.3 Å². The molecule has 3 heterocycles. The molecular formula is C37H58N10O5. The third-order valence-electron chi connectivity index (χ3n) is 8.57. The number of fused-ring (bicyclic) bond motifs is 2. The van der Waals surface area contributed by atoms with Gasteiger partial charge in [-0.15, -0.1) is 0 Å². The molecule has 0 fully saturated rings. The maximum absolute atomic E-state index is 7.52. The van der Waals surface area contributed by atoms with E-state index in [9.17, 15) is 0 Å². The second-order valence-corrected chi connectivity index (χ2v) is 12.4. The number of unbranched alkanes of at least 4 members (excludes halogenated alkanes) is 1. The summed E-state index contributed by atoms with van der Waals surface area (Å²) in [5.41, 5.74) is 15.0. The fourth-order valence-corrected chi connectivity index (χ4v) is 5.80. The Kier molecular flexibility index (Phi) is 19.8. The number of amidine groups is 1. The zero-order chi connectivity index (χ0) is 36.5. The number of nitrogens with two attached hydrogens (primary N) is 2. The van der Waals surface area contributed by atoms with Gasteiger partial charge >= 0.3 is 0 Å². The first-order valence-electron chi connectivity index (χ1n) is 18.5. The van der Waals surface area contributed by atoms with Gasteiger partial charge in [-0.05, 0) is 68.8 Å². The van der Waals surface area contributed by atoms with Crippen LogP contribution < -0.4 is 22.1 Å². The molecule has 1 aliphatic heterocycles. The minimum atomic E-state index is -0.326. The van der Waals surface area contributed by atoms with E-state index in [1.165, 1.54) is 5.56 Å². The highest BCUT2D eigenvalue weighted by atomic mass is 16.6. The van der Waals surface area contributed by atoms with Gasteiger partial charge in [-0.2, -0.15) is 0 Å². The highest BCUT2D eigenvalue weighted by Gasteiger charge is 2.18. The Balaban J connectivity index is 1.21. The van der Waals surface area contributed by atoms with E-state index in [1.807, 2.05) is 24.3 Å². The molecule has 0 saturated heterocycles. The number of benzene rings is 1. The number of aromatic nitrogens is 3. The number of nitrogens with zero attached hydrogens (tertiary/aromatic N) is 5. The summed E-state index contributed by atoms with van der Waals surface area (Å²) in [6, 6.07) is 11.9. The molecule has 286 valence electrons. The Labute approximate surface area is 307 Å². The number of ether oxygens (including phenoxy) is 5. The molecule has 0 amide bonds. The Morgan fingerprint density at radius 3 is 2.33 bits per heavy atom. The van der Waals surface area contributed by atoms with Crippen molar-refractivity contribution in [2.24, 2.45) is 16.5 Å². The Morgan fingerprint density at radius 1 is 0.885 bits per heavy atom. The van der Waals surface area contributed by atoms with E-state index >= 15 is 0 Å². The smallest absolute Gasteiger partial charge is 0.137 e. The topological polar surface area (TPSA) is 200 Å². The van der Waals surface area contributed by atoms with Crippen LogP contribution in [0.1, 0.15) is 36.9 Å². The summed E-state index contributed by atoms with van der Waals surface area (Å²) in [4.78, 5) is 20.2. The standard InChI is InChI=1S/C37H58N10O5/c38-13-18-48-20-22-50-24-26-52-27-25-51-23-21-49-19-17-47(15-4-3-7-31-11-10-30-6-5-14-41-36(30)45-31)16-12-34(35(40)42-28-39)46-37-32-8-1-2-9-33(32)43-29-44-37/h1-2,8-11,28-29,34H,3-7,12-27,38H2,(H,41,45)(H3,39,40,42)(H,43,44,46). The summed E-state index contributed by atoms with van der Waals surface area (Å²) in [5, 5.41) is 15.3. The molecule has 0 radical (unpaired) electrons. The first-order chi connectivity index (χ1) is 25.7. The molecule has 7 N–H and O–H groups in total. The number of aliphatic imine (C=N–C) groups is 1. The molecule has 1 aromatic carbocycles. The molecule has 0 bridgehead atoms. The molecular weight excluding hydrogens is 664 g/mol. The van der Waals surface area contributed by atoms with Crippen LogP contribution in [0.4, 0.5) is 11.6 Å². The van der Waals surface area contributed by atoms with Crippen molar-refractivity contribution in [1.82, 2.24) is 19.9 Å². The van der Waals surface area contributed by atoms with Gasteiger partial charge in [-0.1, -0.05) is 18.2 Å². The van der Waals surface area contributed by atoms with Crippen molar-refractivity contribution in [3.05, 3.63) is 54.0 Å². The summed E-state index contributed by atoms with van der Waals surface area (Å²) in [7, 11) is 0. The number of hydrogen-bond acceptors (Lipinski definition) is 13. The molecule has 15 heteroatoms. The third kappa shape index (κ3) is 15.4. The minimum Gasteiger partial charge on any atom is -0.385 e. The molecule has 0 spiro atoms. The molecule has 4 rings (SSSR count). The molecule has 0 aliphatic carbocycles. The van der Waals surface area contributed by atoms with Gasteiger partial charge in [-0.25, -0.2) is 19.9 Å². The summed E-state index contributed by atoms with van der Waals surface area (Å²) in [6.45, 7) is 9.13. The lowest BCUT2D eigenvalue weighted by atomic mass is 10.1. The Hall–Kier alpha value is -3.83. The summed E-state index contributed by atoms with van der Waals surface area (Å²) >= 11 is 0. The van der Waals surface area contributed by atoms with Crippen LogP contribution in [0.3, 0.4) is 0 Å². The lowest BCUT2D eigenvalue weighted by Gasteiger charge is -2.26. The van der Waals surface area contributed by atoms with Crippen LogP contribution in [-0.4, -0.2) is 137 Å². The van der Waals surface area contributed by atoms with Crippen LogP contribution in [0.25, 0.3) is 10.9 Å². The number of nitrogens with one attached hydrogen (secondary N) is 3. The highest BCUT2D eigenvalue weighted by Crippen LogP contribution is 2.21. The number of anilines is 2. The van der Waals surface area contributed by atoms with E-state index in [-0.39, 0.29) is 6.04 Å². The van der Waals surface area contributed by atoms with E-state index in [0.717, 1.165) is 87.0 Å². The number of rotatable bonds is 29. The zero-order valence-corrected chi connectivity index (χ0v) is 30.5. The first-order valence-corrected chi connectivity index (χ1v) is 18.5. The van der Waals surface area contributed by atoms with Crippen molar-refractivity contribution in [2.45, 2.75) is 44.6 Å². The van der Waals surface area contributed by atoms with E-state index < -0.39 is 0 Å². The van der Waals surface area contributed by atoms with E-state index in [0.29, 0.717) is 90.7 Å². The number of hydrogen-bond donors (Lipinski definition) is 5. The average molecular weight is 723 g/mol. The van der Waals surface area contributed by atoms with E-state index in [2.05, 4.69) is 42.6 Å². The maximum Gasteiger partial charge on any atom is 0.137 e. The quantitative estimate of drug-likeness (QED) is 0.0398. The van der Waals surface area contributed by atoms with Crippen LogP contribution in [0.15, 0.2) is 47.7 Å². The van der Waals surface area contributed by atoms with Crippen molar-refractivity contribution in [3.63, 3.8) is 0 Å². The Morgan fingerprint density at radius 2 is 1.60 bits per heavy atom. The fourth-order valence-electron chi connectivity index (χ4n) is 5.80. The largest absolute Gasteiger partial charge is 0.385 e. The van der Waals surface area contributed by atoms with Gasteiger partial charge in [0.05, 0.1) is 77.6 Å². The van der Waals surface area contributed by atoms with Gasteiger partial charge in [0.1, 0.15) is 30.1 Å². The minimum absolute atomic E-state index is 0.326. The van der Waals surface area contributed by atoms with Gasteiger partial charge in [-0.3, -0.25) is 5.41 Å². The first kappa shape index (κ1) is 40.9. The van der Waals surface area contributed by atoms with Crippen LogP contribution in [0.2, 0.25) is 0 Å². The van der Waals surface area contributed by atoms with Crippen molar-refractivity contribution >= 4 is 34.7 Å². The lowest BCUT2D eigenvalue weighted by Crippen LogP contribution is -2.40. The summed E-state index contributed by atoms with van der Waals surface area (Å²) in [6.07, 6.45) is 8.40. The summed E-state index contributed by atoms with van der Waals surface area (Å²) < 4.78 is 27.9. The lowest BCUT2D eigenvalue weighted by molar-refractivity contribution is -0.0118.